The van der Waals surface area contributed by atoms with Crippen LogP contribution in [0.25, 0.3) is 0 Å². The highest BCUT2D eigenvalue weighted by Gasteiger charge is 2.58. The Morgan fingerprint density at radius 2 is 1.25 bits per heavy atom. The average Bonchev–Trinajstić information content (AvgIpc) is 2.11. The first-order chi connectivity index (χ1) is 8.51. The molecule has 20 heavy (non-hydrogen) atoms. The van der Waals surface area contributed by atoms with Crippen molar-refractivity contribution in [1.29, 1.82) is 0 Å². The van der Waals surface area contributed by atoms with Crippen molar-refractivity contribution in [3.8, 4) is 0 Å². The van der Waals surface area contributed by atoms with Crippen LogP contribution < -0.4 is 0 Å². The van der Waals surface area contributed by atoms with Gasteiger partial charge in [0.2, 0.25) is 11.2 Å². The van der Waals surface area contributed by atoms with E-state index in [0.717, 1.165) is 0 Å². The highest BCUT2D eigenvalue weighted by Crippen LogP contribution is 2.46. The molecular formula is C9H10F10S. The molecule has 0 amide bonds. The highest BCUT2D eigenvalue weighted by molar-refractivity contribution is 7.80. The number of alkyl halides is 10. The van der Waals surface area contributed by atoms with Crippen LogP contribution in [-0.4, -0.2) is 29.4 Å². The van der Waals surface area contributed by atoms with E-state index in [2.05, 4.69) is 12.6 Å². The summed E-state index contributed by atoms with van der Waals surface area (Å²) in [5.74, 6) is -8.00. The summed E-state index contributed by atoms with van der Waals surface area (Å²) in [5, 5.41) is 0. The third kappa shape index (κ3) is 5.21. The second kappa shape index (κ2) is 5.80. The molecule has 122 valence electrons. The highest BCUT2D eigenvalue weighted by atomic mass is 32.1. The Morgan fingerprint density at radius 1 is 0.850 bits per heavy atom. The smallest absolute Gasteiger partial charge is 0.234 e. The fourth-order valence-electron chi connectivity index (χ4n) is 1.31. The second-order valence-corrected chi connectivity index (χ2v) is 4.89. The minimum Gasteiger partial charge on any atom is -0.234 e. The lowest BCUT2D eigenvalue weighted by Crippen LogP contribution is -2.44. The summed E-state index contributed by atoms with van der Waals surface area (Å²) in [5.41, 5.74) is -7.63. The van der Waals surface area contributed by atoms with Gasteiger partial charge in [-0.25, -0.2) is 17.6 Å². The Hall–Kier alpha value is -0.350. The first kappa shape index (κ1) is 19.7. The lowest BCUT2D eigenvalue weighted by Gasteiger charge is -2.31. The minimum atomic E-state index is -5.66. The van der Waals surface area contributed by atoms with E-state index in [1.165, 1.54) is 0 Å². The van der Waals surface area contributed by atoms with Crippen LogP contribution in [-0.2, 0) is 0 Å². The lowest BCUT2D eigenvalue weighted by molar-refractivity contribution is -0.255. The van der Waals surface area contributed by atoms with Crippen LogP contribution >= 0.6 is 12.6 Å². The molecule has 0 rings (SSSR count). The maximum Gasteiger partial charge on any atom is 0.422 e. The minimum absolute atomic E-state index is 0.197. The van der Waals surface area contributed by atoms with Gasteiger partial charge in [-0.15, -0.1) is 12.6 Å². The van der Waals surface area contributed by atoms with E-state index >= 15 is 0 Å². The molecule has 0 aromatic rings. The number of hydrogen-bond acceptors (Lipinski definition) is 1. The van der Waals surface area contributed by atoms with E-state index in [1.54, 1.807) is 0 Å². The van der Waals surface area contributed by atoms with Crippen molar-refractivity contribution < 1.29 is 43.9 Å². The van der Waals surface area contributed by atoms with Gasteiger partial charge < -0.3 is 0 Å². The standard InChI is InChI=1S/C9H10F10S/c1-6(11,9(17,18)19)2-4(8(14,15)16)3-7(12,13)5(10)20/h4-5,20H,2-3H2,1H3. The van der Waals surface area contributed by atoms with Crippen molar-refractivity contribution in [1.82, 2.24) is 0 Å². The number of thiol groups is 1. The fourth-order valence-corrected chi connectivity index (χ4v) is 1.41. The topological polar surface area (TPSA) is 0 Å². The van der Waals surface area contributed by atoms with Crippen LogP contribution in [0.4, 0.5) is 43.9 Å². The molecule has 0 aliphatic carbocycles. The normalized spacial score (nSPS) is 20.4. The summed E-state index contributed by atoms with van der Waals surface area (Å²) in [4.78, 5) is 0. The molecule has 0 nitrogen and oxygen atoms in total. The van der Waals surface area contributed by atoms with Gasteiger partial charge in [0, 0.05) is 12.8 Å². The fraction of sp³-hybridized carbons (Fsp3) is 1.00. The van der Waals surface area contributed by atoms with Crippen molar-refractivity contribution in [2.75, 3.05) is 0 Å². The van der Waals surface area contributed by atoms with Crippen LogP contribution in [0.5, 0.6) is 0 Å². The first-order valence-electron chi connectivity index (χ1n) is 5.03. The van der Waals surface area contributed by atoms with E-state index in [-0.39, 0.29) is 6.92 Å². The molecule has 0 saturated heterocycles. The van der Waals surface area contributed by atoms with Gasteiger partial charge >= 0.3 is 12.4 Å². The predicted octanol–water partition coefficient (Wildman–Crippen LogP) is 5.10. The second-order valence-electron chi connectivity index (χ2n) is 4.44. The van der Waals surface area contributed by atoms with Crippen LogP contribution in [0.1, 0.15) is 19.8 Å². The molecule has 0 heterocycles. The number of halogens is 10. The zero-order chi connectivity index (χ0) is 16.6. The van der Waals surface area contributed by atoms with Gasteiger partial charge in [0.05, 0.1) is 5.92 Å². The third-order valence-electron chi connectivity index (χ3n) is 2.55. The molecule has 0 aromatic heterocycles. The van der Waals surface area contributed by atoms with Crippen molar-refractivity contribution in [2.45, 2.75) is 49.2 Å². The molecule has 0 aromatic carbocycles. The Balaban J connectivity index is 5.23. The van der Waals surface area contributed by atoms with E-state index in [1.807, 2.05) is 0 Å². The van der Waals surface area contributed by atoms with Crippen molar-refractivity contribution in [2.24, 2.45) is 5.92 Å². The monoisotopic (exact) mass is 340 g/mol. The molecule has 0 bridgehead atoms. The molecular weight excluding hydrogens is 330 g/mol. The van der Waals surface area contributed by atoms with Gasteiger partial charge in [-0.2, -0.15) is 26.3 Å². The summed E-state index contributed by atoms with van der Waals surface area (Å²) < 4.78 is 125. The maximum absolute atomic E-state index is 13.2. The van der Waals surface area contributed by atoms with Gasteiger partial charge in [-0.3, -0.25) is 0 Å². The van der Waals surface area contributed by atoms with Gasteiger partial charge in [-0.1, -0.05) is 0 Å². The van der Waals surface area contributed by atoms with Gasteiger partial charge in [-0.05, 0) is 6.92 Å². The summed E-state index contributed by atoms with van der Waals surface area (Å²) in [6.07, 6.45) is -15.8. The van der Waals surface area contributed by atoms with Crippen LogP contribution in [0.15, 0.2) is 0 Å². The lowest BCUT2D eigenvalue weighted by atomic mass is 9.88. The van der Waals surface area contributed by atoms with Crippen LogP contribution in [0.2, 0.25) is 0 Å². The SMILES string of the molecule is CC(F)(CC(CC(F)(F)C(F)S)C(F)(F)F)C(F)(F)F. The van der Waals surface area contributed by atoms with E-state index in [0.29, 0.717) is 0 Å². The number of rotatable bonds is 5. The van der Waals surface area contributed by atoms with Crippen LogP contribution in [0, 0.1) is 5.92 Å². The van der Waals surface area contributed by atoms with Crippen molar-refractivity contribution >= 4 is 12.6 Å². The third-order valence-corrected chi connectivity index (χ3v) is 2.93. The summed E-state index contributed by atoms with van der Waals surface area (Å²) in [6.45, 7) is -0.197. The molecule has 3 atom stereocenters. The van der Waals surface area contributed by atoms with Crippen molar-refractivity contribution in [3.05, 3.63) is 0 Å². The molecule has 0 spiro atoms. The molecule has 0 fully saturated rings. The predicted molar refractivity (Wildman–Crippen MR) is 53.2 cm³/mol. The van der Waals surface area contributed by atoms with E-state index in [9.17, 15) is 43.9 Å². The molecule has 0 N–H and O–H groups in total. The summed E-state index contributed by atoms with van der Waals surface area (Å²) in [6, 6.07) is 0. The van der Waals surface area contributed by atoms with Crippen molar-refractivity contribution in [3.63, 3.8) is 0 Å². The Morgan fingerprint density at radius 3 is 1.50 bits per heavy atom. The molecule has 0 radical (unpaired) electrons. The number of hydrogen-bond donors (Lipinski definition) is 1. The largest absolute Gasteiger partial charge is 0.422 e. The summed E-state index contributed by atoms with van der Waals surface area (Å²) >= 11 is 2.62. The summed E-state index contributed by atoms with van der Waals surface area (Å²) in [7, 11) is 0. The quantitative estimate of drug-likeness (QED) is 0.523. The Labute approximate surface area is 112 Å². The van der Waals surface area contributed by atoms with Gasteiger partial charge in [0.25, 0.3) is 5.92 Å². The van der Waals surface area contributed by atoms with E-state index < -0.39 is 48.2 Å². The first-order valence-corrected chi connectivity index (χ1v) is 5.54. The molecule has 0 aliphatic rings. The molecule has 11 heteroatoms. The molecule has 0 aliphatic heterocycles. The average molecular weight is 340 g/mol. The van der Waals surface area contributed by atoms with E-state index in [4.69, 9.17) is 0 Å². The molecule has 0 saturated carbocycles. The van der Waals surface area contributed by atoms with Crippen LogP contribution in [0.3, 0.4) is 0 Å². The maximum atomic E-state index is 13.2. The molecule has 3 unspecified atom stereocenters. The Bertz CT molecular complexity index is 316. The van der Waals surface area contributed by atoms with Gasteiger partial charge in [0.15, 0.2) is 0 Å². The van der Waals surface area contributed by atoms with Gasteiger partial charge in [0.1, 0.15) is 0 Å². The zero-order valence-corrected chi connectivity index (χ0v) is 10.7. The Kier molecular flexibility index (Phi) is 5.70. The zero-order valence-electron chi connectivity index (χ0n) is 9.80.